The topological polar surface area (TPSA) is 120 Å². The number of rotatable bonds is 12. The summed E-state index contributed by atoms with van der Waals surface area (Å²) in [5.74, 6) is -2.20. The van der Waals surface area contributed by atoms with Crippen LogP contribution in [0.5, 0.6) is 0 Å². The molecule has 0 bridgehead atoms. The van der Waals surface area contributed by atoms with Gasteiger partial charge in [0.2, 0.25) is 10.0 Å². The highest BCUT2D eigenvalue weighted by atomic mass is 32.2. The van der Waals surface area contributed by atoms with Crippen molar-refractivity contribution in [2.24, 2.45) is 0 Å². The van der Waals surface area contributed by atoms with Gasteiger partial charge in [-0.1, -0.05) is 31.2 Å². The third-order valence-electron chi connectivity index (χ3n) is 5.23. The summed E-state index contributed by atoms with van der Waals surface area (Å²) >= 11 is 0.914. The van der Waals surface area contributed by atoms with Crippen LogP contribution in [0.15, 0.2) is 47.8 Å². The minimum Gasteiger partial charge on any atom is -0.390 e. The van der Waals surface area contributed by atoms with E-state index in [0.29, 0.717) is 6.54 Å². The van der Waals surface area contributed by atoms with Crippen LogP contribution in [0.4, 0.5) is 14.6 Å². The highest BCUT2D eigenvalue weighted by Gasteiger charge is 2.24. The van der Waals surface area contributed by atoms with Gasteiger partial charge in [0.05, 0.1) is 18.4 Å². The molecule has 4 N–H and O–H groups in total. The predicted octanol–water partition coefficient (Wildman–Crippen LogP) is 2.85. The van der Waals surface area contributed by atoms with Crippen LogP contribution in [0, 0.1) is 11.6 Å². The maximum atomic E-state index is 13.7. The molecule has 0 fully saturated rings. The summed E-state index contributed by atoms with van der Waals surface area (Å²) in [5.41, 5.74) is 2.47. The van der Waals surface area contributed by atoms with Crippen LogP contribution >= 0.6 is 11.3 Å². The quantitative estimate of drug-likeness (QED) is 0.282. The number of amides is 1. The lowest BCUT2D eigenvalue weighted by atomic mass is 10.0. The van der Waals surface area contributed by atoms with E-state index in [9.17, 15) is 27.1 Å². The van der Waals surface area contributed by atoms with Crippen LogP contribution < -0.4 is 15.4 Å². The van der Waals surface area contributed by atoms with Gasteiger partial charge in [-0.05, 0) is 41.7 Å². The monoisotopic (exact) mass is 538 g/mol. The zero-order valence-electron chi connectivity index (χ0n) is 19.8. The van der Waals surface area contributed by atoms with Crippen molar-refractivity contribution in [2.45, 2.75) is 38.5 Å². The summed E-state index contributed by atoms with van der Waals surface area (Å²) < 4.78 is 52.4. The number of aliphatic hydroxyl groups is 1. The molecule has 3 aromatic rings. The van der Waals surface area contributed by atoms with Crippen molar-refractivity contribution in [3.63, 3.8) is 0 Å². The minimum absolute atomic E-state index is 0.00655. The number of carbonyl (C=O) groups excluding carboxylic acids is 1. The summed E-state index contributed by atoms with van der Waals surface area (Å²) in [6, 6.07) is 10.1. The molecular weight excluding hydrogens is 510 g/mol. The highest BCUT2D eigenvalue weighted by molar-refractivity contribution is 7.92. The number of aromatic nitrogens is 1. The lowest BCUT2D eigenvalue weighted by Crippen LogP contribution is -2.48. The fourth-order valence-corrected chi connectivity index (χ4v) is 4.79. The molecule has 2 unspecified atom stereocenters. The first-order chi connectivity index (χ1) is 17.0. The Morgan fingerprint density at radius 3 is 2.47 bits per heavy atom. The standard InChI is InChI=1S/C24H28F2N4O4S2/c1-3-15-5-4-6-16(7-15)12-27-13-21(31)20(10-17-8-18(25)11-19(26)9-17)28-23(32)24-29-22(14-35-24)30-36(2,33)34/h4-9,11,14,20-21,27,30-31H,3,10,12-13H2,1-2H3,(H,28,32). The smallest absolute Gasteiger partial charge is 0.280 e. The van der Waals surface area contributed by atoms with Gasteiger partial charge in [0, 0.05) is 24.5 Å². The molecule has 0 saturated carbocycles. The highest BCUT2D eigenvalue weighted by Crippen LogP contribution is 2.17. The maximum absolute atomic E-state index is 13.7. The van der Waals surface area contributed by atoms with E-state index in [1.807, 2.05) is 18.2 Å². The van der Waals surface area contributed by atoms with Gasteiger partial charge in [-0.25, -0.2) is 22.2 Å². The molecule has 0 radical (unpaired) electrons. The van der Waals surface area contributed by atoms with Crippen LogP contribution in [-0.2, 0) is 29.4 Å². The average Bonchev–Trinajstić information content (AvgIpc) is 3.25. The fourth-order valence-electron chi connectivity index (χ4n) is 3.58. The van der Waals surface area contributed by atoms with Gasteiger partial charge in [0.25, 0.3) is 5.91 Å². The number of hydrogen-bond acceptors (Lipinski definition) is 7. The molecule has 0 spiro atoms. The third kappa shape index (κ3) is 8.63. The molecule has 3 rings (SSSR count). The maximum Gasteiger partial charge on any atom is 0.280 e. The lowest BCUT2D eigenvalue weighted by Gasteiger charge is -2.24. The van der Waals surface area contributed by atoms with Crippen LogP contribution in [-0.4, -0.2) is 49.4 Å². The molecule has 1 heterocycles. The first-order valence-electron chi connectivity index (χ1n) is 11.2. The molecule has 0 aliphatic carbocycles. The molecule has 0 saturated heterocycles. The zero-order chi connectivity index (χ0) is 26.3. The molecule has 0 aliphatic rings. The van der Waals surface area contributed by atoms with E-state index in [0.717, 1.165) is 47.8 Å². The van der Waals surface area contributed by atoms with Crippen LogP contribution in [0.1, 0.15) is 33.4 Å². The van der Waals surface area contributed by atoms with E-state index in [4.69, 9.17) is 0 Å². The second kappa shape index (κ2) is 12.3. The summed E-state index contributed by atoms with van der Waals surface area (Å²) in [6.07, 6.45) is 0.701. The van der Waals surface area contributed by atoms with E-state index < -0.39 is 39.7 Å². The number of aliphatic hydroxyl groups excluding tert-OH is 1. The Labute approximate surface area is 212 Å². The van der Waals surface area contributed by atoms with E-state index in [1.54, 1.807) is 0 Å². The Bertz CT molecular complexity index is 1280. The Kier molecular flexibility index (Phi) is 9.49. The van der Waals surface area contributed by atoms with E-state index >= 15 is 0 Å². The van der Waals surface area contributed by atoms with E-state index in [1.165, 1.54) is 10.9 Å². The number of thiazole rings is 1. The molecular formula is C24H28F2N4O4S2. The number of carbonyl (C=O) groups is 1. The molecule has 1 amide bonds. The molecule has 1 aromatic heterocycles. The Hall–Kier alpha value is -2.93. The van der Waals surface area contributed by atoms with E-state index in [-0.39, 0.29) is 29.4 Å². The normalized spacial score (nSPS) is 13.2. The van der Waals surface area contributed by atoms with Crippen molar-refractivity contribution >= 4 is 33.1 Å². The molecule has 2 aromatic carbocycles. The summed E-state index contributed by atoms with van der Waals surface area (Å²) in [4.78, 5) is 16.8. The number of aryl methyl sites for hydroxylation is 1. The second-order valence-corrected chi connectivity index (χ2v) is 11.0. The zero-order valence-corrected chi connectivity index (χ0v) is 21.4. The summed E-state index contributed by atoms with van der Waals surface area (Å²) in [7, 11) is -3.57. The SMILES string of the molecule is CCc1cccc(CNCC(O)C(Cc2cc(F)cc(F)c2)NC(=O)c2nc(NS(C)(=O)=O)cs2)c1. The van der Waals surface area contributed by atoms with Crippen molar-refractivity contribution in [3.8, 4) is 0 Å². The van der Waals surface area contributed by atoms with Crippen molar-refractivity contribution in [2.75, 3.05) is 17.5 Å². The molecule has 36 heavy (non-hydrogen) atoms. The number of halogens is 2. The van der Waals surface area contributed by atoms with Gasteiger partial charge in [0.1, 0.15) is 11.6 Å². The minimum atomic E-state index is -3.57. The molecule has 0 aliphatic heterocycles. The first-order valence-corrected chi connectivity index (χ1v) is 13.9. The number of sulfonamides is 1. The first kappa shape index (κ1) is 27.7. The lowest BCUT2D eigenvalue weighted by molar-refractivity contribution is 0.0829. The summed E-state index contributed by atoms with van der Waals surface area (Å²) in [5, 5.41) is 18.0. The molecule has 194 valence electrons. The number of anilines is 1. The molecule has 12 heteroatoms. The fraction of sp³-hybridized carbons (Fsp3) is 0.333. The number of benzene rings is 2. The molecule has 8 nitrogen and oxygen atoms in total. The second-order valence-electron chi connectivity index (χ2n) is 8.35. The van der Waals surface area contributed by atoms with Crippen molar-refractivity contribution in [1.82, 2.24) is 15.6 Å². The van der Waals surface area contributed by atoms with Gasteiger partial charge >= 0.3 is 0 Å². The average molecular weight is 539 g/mol. The Morgan fingerprint density at radius 1 is 1.11 bits per heavy atom. The van der Waals surface area contributed by atoms with Crippen LogP contribution in [0.3, 0.4) is 0 Å². The van der Waals surface area contributed by atoms with Crippen LogP contribution in [0.25, 0.3) is 0 Å². The summed E-state index contributed by atoms with van der Waals surface area (Å²) in [6.45, 7) is 2.63. The Balaban J connectivity index is 1.71. The van der Waals surface area contributed by atoms with Gasteiger partial charge in [-0.15, -0.1) is 11.3 Å². The van der Waals surface area contributed by atoms with E-state index in [2.05, 4.69) is 33.3 Å². The van der Waals surface area contributed by atoms with Gasteiger partial charge < -0.3 is 15.7 Å². The van der Waals surface area contributed by atoms with Gasteiger partial charge in [-0.3, -0.25) is 9.52 Å². The van der Waals surface area contributed by atoms with Gasteiger partial charge in [-0.2, -0.15) is 0 Å². The van der Waals surface area contributed by atoms with Crippen molar-refractivity contribution in [1.29, 1.82) is 0 Å². The third-order valence-corrected chi connectivity index (χ3v) is 6.65. The molecule has 2 atom stereocenters. The Morgan fingerprint density at radius 2 is 1.81 bits per heavy atom. The number of nitrogens with one attached hydrogen (secondary N) is 3. The van der Waals surface area contributed by atoms with Crippen molar-refractivity contribution in [3.05, 3.63) is 81.2 Å². The van der Waals surface area contributed by atoms with Crippen molar-refractivity contribution < 1.29 is 27.1 Å². The predicted molar refractivity (Wildman–Crippen MR) is 135 cm³/mol. The van der Waals surface area contributed by atoms with Gasteiger partial charge in [0.15, 0.2) is 10.8 Å². The van der Waals surface area contributed by atoms with Crippen LogP contribution in [0.2, 0.25) is 0 Å². The number of hydrogen-bond donors (Lipinski definition) is 4. The largest absolute Gasteiger partial charge is 0.390 e. The number of nitrogens with zero attached hydrogens (tertiary/aromatic N) is 1.